The average molecular weight is 390 g/mol. The molecule has 0 aliphatic carbocycles. The molecule has 1 unspecified atom stereocenters. The standard InChI is InChI=1S/C14H14ClF6N3O/c15-10-4-9(14(19,20)21)5-22-11(10)24-3-1-2-8(6-24)12(25)23-7-13(16,17)18/h4-5,8H,1-3,6-7H2,(H,23,25). The Morgan fingerprint density at radius 3 is 2.56 bits per heavy atom. The van der Waals surface area contributed by atoms with E-state index in [1.165, 1.54) is 4.90 Å². The average Bonchev–Trinajstić information content (AvgIpc) is 2.51. The number of carbonyl (C=O) groups is 1. The van der Waals surface area contributed by atoms with Gasteiger partial charge in [0, 0.05) is 19.3 Å². The van der Waals surface area contributed by atoms with Gasteiger partial charge in [-0.3, -0.25) is 4.79 Å². The van der Waals surface area contributed by atoms with Crippen molar-refractivity contribution in [1.29, 1.82) is 0 Å². The second-order valence-corrected chi connectivity index (χ2v) is 6.05. The van der Waals surface area contributed by atoms with Crippen molar-refractivity contribution in [1.82, 2.24) is 10.3 Å². The van der Waals surface area contributed by atoms with Crippen molar-refractivity contribution in [2.45, 2.75) is 25.2 Å². The third-order valence-electron chi connectivity index (χ3n) is 3.70. The summed E-state index contributed by atoms with van der Waals surface area (Å²) < 4.78 is 74.4. The Hall–Kier alpha value is -1.71. The number of nitrogens with one attached hydrogen (secondary N) is 1. The Balaban J connectivity index is 2.07. The zero-order valence-corrected chi connectivity index (χ0v) is 13.5. The van der Waals surface area contributed by atoms with Crippen LogP contribution >= 0.6 is 11.6 Å². The third kappa shape index (κ3) is 5.38. The fraction of sp³-hybridized carbons (Fsp3) is 0.571. The van der Waals surface area contributed by atoms with Gasteiger partial charge in [0.25, 0.3) is 0 Å². The van der Waals surface area contributed by atoms with E-state index in [0.29, 0.717) is 25.6 Å². The molecule has 140 valence electrons. The highest BCUT2D eigenvalue weighted by Crippen LogP contribution is 2.34. The van der Waals surface area contributed by atoms with E-state index >= 15 is 0 Å². The summed E-state index contributed by atoms with van der Waals surface area (Å²) in [6.45, 7) is -1.01. The number of alkyl halides is 6. The topological polar surface area (TPSA) is 45.2 Å². The van der Waals surface area contributed by atoms with Gasteiger partial charge in [-0.05, 0) is 18.9 Å². The normalized spacial score (nSPS) is 19.0. The van der Waals surface area contributed by atoms with Gasteiger partial charge >= 0.3 is 12.4 Å². The van der Waals surface area contributed by atoms with Crippen molar-refractivity contribution in [2.24, 2.45) is 5.92 Å². The second kappa shape index (κ2) is 7.27. The first-order valence-corrected chi connectivity index (χ1v) is 7.67. The van der Waals surface area contributed by atoms with Crippen molar-refractivity contribution in [2.75, 3.05) is 24.5 Å². The Morgan fingerprint density at radius 1 is 1.32 bits per heavy atom. The molecule has 1 aliphatic rings. The zero-order valence-electron chi connectivity index (χ0n) is 12.7. The number of rotatable bonds is 3. The van der Waals surface area contributed by atoms with E-state index in [0.717, 1.165) is 6.07 Å². The summed E-state index contributed by atoms with van der Waals surface area (Å²) in [4.78, 5) is 17.1. The molecule has 1 fully saturated rings. The number of halogens is 7. The van der Waals surface area contributed by atoms with Crippen LogP contribution in [0.15, 0.2) is 12.3 Å². The summed E-state index contributed by atoms with van der Waals surface area (Å²) in [6.07, 6.45) is -7.62. The Morgan fingerprint density at radius 2 is 2.00 bits per heavy atom. The first-order chi connectivity index (χ1) is 11.5. The number of hydrogen-bond acceptors (Lipinski definition) is 3. The summed E-state index contributed by atoms with van der Waals surface area (Å²) in [7, 11) is 0. The number of hydrogen-bond donors (Lipinski definition) is 1. The third-order valence-corrected chi connectivity index (χ3v) is 3.98. The summed E-state index contributed by atoms with van der Waals surface area (Å²) in [6, 6.07) is 0.733. The molecule has 11 heteroatoms. The number of nitrogens with zero attached hydrogens (tertiary/aromatic N) is 2. The lowest BCUT2D eigenvalue weighted by Crippen LogP contribution is -2.45. The van der Waals surface area contributed by atoms with E-state index in [1.807, 2.05) is 5.32 Å². The van der Waals surface area contributed by atoms with Crippen LogP contribution in [0.4, 0.5) is 32.2 Å². The smallest absolute Gasteiger partial charge is 0.355 e. The molecular formula is C14H14ClF6N3O. The molecule has 0 spiro atoms. The van der Waals surface area contributed by atoms with E-state index in [4.69, 9.17) is 11.6 Å². The predicted octanol–water partition coefficient (Wildman–Crippen LogP) is 3.65. The quantitative estimate of drug-likeness (QED) is 0.803. The molecule has 1 saturated heterocycles. The summed E-state index contributed by atoms with van der Waals surface area (Å²) in [5.41, 5.74) is -1.00. The number of aromatic nitrogens is 1. The molecule has 1 aromatic rings. The van der Waals surface area contributed by atoms with Crippen molar-refractivity contribution in [3.8, 4) is 0 Å². The van der Waals surface area contributed by atoms with Crippen LogP contribution in [0, 0.1) is 5.92 Å². The van der Waals surface area contributed by atoms with Crippen molar-refractivity contribution < 1.29 is 31.1 Å². The monoisotopic (exact) mass is 389 g/mol. The zero-order chi connectivity index (χ0) is 18.8. The molecule has 0 radical (unpaired) electrons. The van der Waals surface area contributed by atoms with Gasteiger partial charge in [-0.15, -0.1) is 0 Å². The van der Waals surface area contributed by atoms with Crippen molar-refractivity contribution >= 4 is 23.3 Å². The first-order valence-electron chi connectivity index (χ1n) is 7.29. The number of carbonyl (C=O) groups excluding carboxylic acids is 1. The summed E-state index contributed by atoms with van der Waals surface area (Å²) >= 11 is 5.86. The van der Waals surface area contributed by atoms with E-state index < -0.39 is 36.3 Å². The van der Waals surface area contributed by atoms with Crippen LogP contribution in [0.2, 0.25) is 5.02 Å². The second-order valence-electron chi connectivity index (χ2n) is 5.65. The van der Waals surface area contributed by atoms with Crippen LogP contribution in [-0.2, 0) is 11.0 Å². The Bertz CT molecular complexity index is 634. The molecule has 0 bridgehead atoms. The number of amides is 1. The lowest BCUT2D eigenvalue weighted by atomic mass is 9.97. The minimum atomic E-state index is -4.59. The van der Waals surface area contributed by atoms with E-state index in [2.05, 4.69) is 4.98 Å². The van der Waals surface area contributed by atoms with Crippen LogP contribution < -0.4 is 10.2 Å². The van der Waals surface area contributed by atoms with E-state index in [1.54, 1.807) is 0 Å². The van der Waals surface area contributed by atoms with Crippen LogP contribution in [0.1, 0.15) is 18.4 Å². The highest BCUT2D eigenvalue weighted by Gasteiger charge is 2.34. The maximum absolute atomic E-state index is 12.6. The molecule has 1 amide bonds. The maximum Gasteiger partial charge on any atom is 0.417 e. The fourth-order valence-electron chi connectivity index (χ4n) is 2.53. The minimum Gasteiger partial charge on any atom is -0.355 e. The van der Waals surface area contributed by atoms with Gasteiger partial charge in [-0.2, -0.15) is 26.3 Å². The SMILES string of the molecule is O=C(NCC(F)(F)F)C1CCCN(c2ncc(C(F)(F)F)cc2Cl)C1. The van der Waals surface area contributed by atoms with Crippen LogP contribution in [0.25, 0.3) is 0 Å². The molecule has 1 aromatic heterocycles. The van der Waals surface area contributed by atoms with Gasteiger partial charge in [0.1, 0.15) is 12.4 Å². The summed E-state index contributed by atoms with van der Waals surface area (Å²) in [5, 5.41) is 1.58. The highest BCUT2D eigenvalue weighted by molar-refractivity contribution is 6.33. The molecule has 1 N–H and O–H groups in total. The molecule has 0 aromatic carbocycles. The Kier molecular flexibility index (Phi) is 5.70. The molecule has 0 saturated carbocycles. The largest absolute Gasteiger partial charge is 0.417 e. The molecule has 1 atom stereocenters. The lowest BCUT2D eigenvalue weighted by molar-refractivity contribution is -0.140. The summed E-state index contributed by atoms with van der Waals surface area (Å²) in [5.74, 6) is -1.41. The van der Waals surface area contributed by atoms with Gasteiger partial charge in [-0.25, -0.2) is 4.98 Å². The minimum absolute atomic E-state index is 0.0295. The maximum atomic E-state index is 12.6. The van der Waals surface area contributed by atoms with Crippen LogP contribution in [0.5, 0.6) is 0 Å². The van der Waals surface area contributed by atoms with Gasteiger partial charge in [0.2, 0.25) is 5.91 Å². The van der Waals surface area contributed by atoms with E-state index in [-0.39, 0.29) is 17.4 Å². The number of pyridine rings is 1. The van der Waals surface area contributed by atoms with Gasteiger partial charge < -0.3 is 10.2 Å². The Labute approximate surface area is 144 Å². The van der Waals surface area contributed by atoms with E-state index in [9.17, 15) is 31.1 Å². The molecule has 2 heterocycles. The van der Waals surface area contributed by atoms with Crippen LogP contribution in [0.3, 0.4) is 0 Å². The molecule has 2 rings (SSSR count). The number of piperidine rings is 1. The predicted molar refractivity (Wildman–Crippen MR) is 78.3 cm³/mol. The lowest BCUT2D eigenvalue weighted by Gasteiger charge is -2.33. The molecular weight excluding hydrogens is 376 g/mol. The van der Waals surface area contributed by atoms with Gasteiger partial charge in [0.15, 0.2) is 0 Å². The number of anilines is 1. The highest BCUT2D eigenvalue weighted by atomic mass is 35.5. The molecule has 25 heavy (non-hydrogen) atoms. The van der Waals surface area contributed by atoms with Gasteiger partial charge in [0.05, 0.1) is 16.5 Å². The van der Waals surface area contributed by atoms with Crippen molar-refractivity contribution in [3.05, 3.63) is 22.8 Å². The first kappa shape index (κ1) is 19.6. The van der Waals surface area contributed by atoms with Gasteiger partial charge in [-0.1, -0.05) is 11.6 Å². The molecule has 1 aliphatic heterocycles. The van der Waals surface area contributed by atoms with Crippen LogP contribution in [-0.4, -0.2) is 36.7 Å². The van der Waals surface area contributed by atoms with Crippen molar-refractivity contribution in [3.63, 3.8) is 0 Å². The fourth-order valence-corrected chi connectivity index (χ4v) is 2.82. The molecule has 4 nitrogen and oxygen atoms in total.